The molecule has 7 nitrogen and oxygen atoms in total. The third-order valence-corrected chi connectivity index (χ3v) is 6.27. The van der Waals surface area contributed by atoms with Crippen LogP contribution in [-0.4, -0.2) is 43.4 Å². The molecule has 0 unspecified atom stereocenters. The predicted octanol–water partition coefficient (Wildman–Crippen LogP) is 4.19. The number of carbonyl (C=O) groups is 1. The van der Waals surface area contributed by atoms with Gasteiger partial charge in [-0.15, -0.1) is 0 Å². The monoisotopic (exact) mass is 441 g/mol. The molecule has 7 heteroatoms. The van der Waals surface area contributed by atoms with Crippen molar-refractivity contribution in [2.75, 3.05) is 13.1 Å². The minimum Gasteiger partial charge on any atom is -0.339 e. The van der Waals surface area contributed by atoms with E-state index in [0.29, 0.717) is 35.0 Å². The highest BCUT2D eigenvalue weighted by Crippen LogP contribution is 2.27. The van der Waals surface area contributed by atoms with Crippen LogP contribution in [0.15, 0.2) is 59.5 Å². The van der Waals surface area contributed by atoms with Crippen LogP contribution in [0.3, 0.4) is 0 Å². The maximum absolute atomic E-state index is 12.7. The molecule has 0 spiro atoms. The Morgan fingerprint density at radius 1 is 1.06 bits per heavy atom. The van der Waals surface area contributed by atoms with Crippen molar-refractivity contribution in [1.29, 1.82) is 0 Å². The number of benzene rings is 2. The molecule has 1 saturated heterocycles. The van der Waals surface area contributed by atoms with E-state index in [9.17, 15) is 9.59 Å². The lowest BCUT2D eigenvalue weighted by Gasteiger charge is -2.15. The van der Waals surface area contributed by atoms with E-state index in [2.05, 4.69) is 29.9 Å². The lowest BCUT2D eigenvalue weighted by atomic mass is 9.97. The van der Waals surface area contributed by atoms with Gasteiger partial charge in [-0.05, 0) is 42.0 Å². The highest BCUT2D eigenvalue weighted by Gasteiger charge is 2.19. The maximum atomic E-state index is 12.7. The van der Waals surface area contributed by atoms with E-state index < -0.39 is 0 Å². The molecule has 0 aliphatic carbocycles. The molecule has 1 aliphatic heterocycles. The van der Waals surface area contributed by atoms with Crippen LogP contribution < -0.4 is 5.69 Å². The minimum atomic E-state index is -0.231. The second kappa shape index (κ2) is 8.65. The summed E-state index contributed by atoms with van der Waals surface area (Å²) < 4.78 is 1.62. The van der Waals surface area contributed by atoms with Crippen LogP contribution in [0.25, 0.3) is 22.6 Å². The summed E-state index contributed by atoms with van der Waals surface area (Å²) in [6.07, 6.45) is 3.81. The van der Waals surface area contributed by atoms with Crippen LogP contribution in [0.4, 0.5) is 0 Å². The molecule has 168 valence electrons. The van der Waals surface area contributed by atoms with E-state index >= 15 is 0 Å². The van der Waals surface area contributed by atoms with Gasteiger partial charge < -0.3 is 9.88 Å². The number of hydrogen-bond donors (Lipinski definition) is 1. The zero-order valence-corrected chi connectivity index (χ0v) is 18.9. The van der Waals surface area contributed by atoms with Crippen molar-refractivity contribution < 1.29 is 4.79 Å². The Labute approximate surface area is 192 Å². The van der Waals surface area contributed by atoms with Crippen LogP contribution in [0, 0.1) is 0 Å². The summed E-state index contributed by atoms with van der Waals surface area (Å²) in [4.78, 5) is 39.3. The van der Waals surface area contributed by atoms with Crippen LogP contribution in [-0.2, 0) is 6.54 Å². The predicted molar refractivity (Wildman–Crippen MR) is 128 cm³/mol. The first-order chi connectivity index (χ1) is 16.0. The van der Waals surface area contributed by atoms with Gasteiger partial charge in [-0.2, -0.15) is 0 Å². The van der Waals surface area contributed by atoms with Crippen molar-refractivity contribution in [3.63, 3.8) is 0 Å². The molecule has 0 bridgehead atoms. The van der Waals surface area contributed by atoms with Crippen molar-refractivity contribution in [1.82, 2.24) is 24.4 Å². The largest absolute Gasteiger partial charge is 0.339 e. The van der Waals surface area contributed by atoms with E-state index in [1.54, 1.807) is 10.8 Å². The number of imidazole rings is 1. The fraction of sp³-hybridized carbons (Fsp3) is 0.308. The van der Waals surface area contributed by atoms with Crippen LogP contribution >= 0.6 is 0 Å². The number of nitrogens with one attached hydrogen (secondary N) is 1. The summed E-state index contributed by atoms with van der Waals surface area (Å²) >= 11 is 0. The zero-order valence-electron chi connectivity index (χ0n) is 18.9. The van der Waals surface area contributed by atoms with Gasteiger partial charge in [0.05, 0.1) is 12.7 Å². The van der Waals surface area contributed by atoms with Gasteiger partial charge in [0.2, 0.25) is 0 Å². The molecule has 0 atom stereocenters. The molecule has 1 amide bonds. The van der Waals surface area contributed by atoms with E-state index in [-0.39, 0.29) is 11.6 Å². The number of fused-ring (bicyclic) bond motifs is 1. The molecule has 33 heavy (non-hydrogen) atoms. The van der Waals surface area contributed by atoms with Crippen molar-refractivity contribution in [2.24, 2.45) is 0 Å². The first-order valence-corrected chi connectivity index (χ1v) is 11.4. The number of H-pyrrole nitrogens is 1. The summed E-state index contributed by atoms with van der Waals surface area (Å²) in [5.41, 5.74) is 4.69. The number of rotatable bonds is 5. The van der Waals surface area contributed by atoms with Gasteiger partial charge in [-0.3, -0.25) is 9.36 Å². The number of amides is 1. The van der Waals surface area contributed by atoms with Gasteiger partial charge in [0.15, 0.2) is 11.5 Å². The van der Waals surface area contributed by atoms with E-state index in [1.165, 1.54) is 5.56 Å². The standard InChI is InChI=1S/C26H27N5O2/c1-17(2)20-7-3-4-8-21(20)23-27-15-22-24(29-23)31(26(33)28-22)16-18-9-11-19(12-10-18)25(32)30-13-5-6-14-30/h3-4,7-12,15,17H,5-6,13-14,16H2,1-2H3,(H,28,33). The molecule has 1 aliphatic rings. The highest BCUT2D eigenvalue weighted by molar-refractivity contribution is 5.94. The van der Waals surface area contributed by atoms with Gasteiger partial charge in [-0.1, -0.05) is 50.2 Å². The molecule has 3 heterocycles. The molecule has 2 aromatic carbocycles. The first kappa shape index (κ1) is 21.1. The van der Waals surface area contributed by atoms with E-state index in [1.807, 2.05) is 47.4 Å². The zero-order chi connectivity index (χ0) is 22.9. The Balaban J connectivity index is 1.46. The number of aromatic nitrogens is 4. The van der Waals surface area contributed by atoms with E-state index in [0.717, 1.165) is 37.1 Å². The molecule has 0 saturated carbocycles. The Hall–Kier alpha value is -3.74. The average molecular weight is 442 g/mol. The van der Waals surface area contributed by atoms with Gasteiger partial charge in [0.1, 0.15) is 5.52 Å². The molecule has 2 aromatic heterocycles. The fourth-order valence-corrected chi connectivity index (χ4v) is 4.46. The minimum absolute atomic E-state index is 0.0736. The van der Waals surface area contributed by atoms with Gasteiger partial charge in [-0.25, -0.2) is 14.8 Å². The second-order valence-corrected chi connectivity index (χ2v) is 8.89. The molecule has 0 radical (unpaired) electrons. The molecule has 5 rings (SSSR count). The average Bonchev–Trinajstić information content (AvgIpc) is 3.47. The van der Waals surface area contributed by atoms with Crippen molar-refractivity contribution in [2.45, 2.75) is 39.2 Å². The van der Waals surface area contributed by atoms with Crippen LogP contribution in [0.5, 0.6) is 0 Å². The molecule has 1 N–H and O–H groups in total. The molecular formula is C26H27N5O2. The SMILES string of the molecule is CC(C)c1ccccc1-c1ncc2[nH]c(=O)n(Cc3ccc(C(=O)N4CCCC4)cc3)c2n1. The van der Waals surface area contributed by atoms with Crippen molar-refractivity contribution >= 4 is 17.1 Å². The van der Waals surface area contributed by atoms with Crippen LogP contribution in [0.2, 0.25) is 0 Å². The number of hydrogen-bond acceptors (Lipinski definition) is 4. The molecule has 1 fully saturated rings. The Kier molecular flexibility index (Phi) is 5.54. The number of nitrogens with zero attached hydrogens (tertiary/aromatic N) is 4. The number of aromatic amines is 1. The van der Waals surface area contributed by atoms with Gasteiger partial charge >= 0.3 is 5.69 Å². The topological polar surface area (TPSA) is 83.9 Å². The summed E-state index contributed by atoms with van der Waals surface area (Å²) in [7, 11) is 0. The van der Waals surface area contributed by atoms with Gasteiger partial charge in [0, 0.05) is 24.2 Å². The Bertz CT molecular complexity index is 1360. The van der Waals surface area contributed by atoms with E-state index in [4.69, 9.17) is 4.98 Å². The Morgan fingerprint density at radius 3 is 2.52 bits per heavy atom. The summed E-state index contributed by atoms with van der Waals surface area (Å²) in [6, 6.07) is 15.6. The summed E-state index contributed by atoms with van der Waals surface area (Å²) in [5.74, 6) is 1.01. The quantitative estimate of drug-likeness (QED) is 0.503. The lowest BCUT2D eigenvalue weighted by Crippen LogP contribution is -2.27. The third-order valence-electron chi connectivity index (χ3n) is 6.27. The van der Waals surface area contributed by atoms with Crippen molar-refractivity contribution in [3.05, 3.63) is 81.9 Å². The van der Waals surface area contributed by atoms with Gasteiger partial charge in [0.25, 0.3) is 5.91 Å². The number of likely N-dealkylation sites (tertiary alicyclic amines) is 1. The van der Waals surface area contributed by atoms with Crippen molar-refractivity contribution in [3.8, 4) is 11.4 Å². The Morgan fingerprint density at radius 2 is 1.79 bits per heavy atom. The normalized spacial score (nSPS) is 13.8. The maximum Gasteiger partial charge on any atom is 0.328 e. The summed E-state index contributed by atoms with van der Waals surface area (Å²) in [5, 5.41) is 0. The van der Waals surface area contributed by atoms with Crippen LogP contribution in [0.1, 0.15) is 54.1 Å². The first-order valence-electron chi connectivity index (χ1n) is 11.4. The molecule has 4 aromatic rings. The smallest absolute Gasteiger partial charge is 0.328 e. The fourth-order valence-electron chi connectivity index (χ4n) is 4.46. The summed E-state index contributed by atoms with van der Waals surface area (Å²) in [6.45, 7) is 6.29. The lowest BCUT2D eigenvalue weighted by molar-refractivity contribution is 0.0793. The molecular weight excluding hydrogens is 414 g/mol. The third kappa shape index (κ3) is 4.06. The number of carbonyl (C=O) groups excluding carboxylic acids is 1. The highest BCUT2D eigenvalue weighted by atomic mass is 16.2. The second-order valence-electron chi connectivity index (χ2n) is 8.89.